The third-order valence-electron chi connectivity index (χ3n) is 5.58. The van der Waals surface area contributed by atoms with Gasteiger partial charge in [-0.3, -0.25) is 0 Å². The smallest absolute Gasteiger partial charge is 0.346 e. The van der Waals surface area contributed by atoms with E-state index >= 15 is 0 Å². The van der Waals surface area contributed by atoms with Crippen LogP contribution >= 0.6 is 0 Å². The summed E-state index contributed by atoms with van der Waals surface area (Å²) in [5.74, 6) is -1.18. The van der Waals surface area contributed by atoms with E-state index in [2.05, 4.69) is 44.7 Å². The summed E-state index contributed by atoms with van der Waals surface area (Å²) < 4.78 is 0. The predicted octanol–water partition coefficient (Wildman–Crippen LogP) is 3.85. The van der Waals surface area contributed by atoms with E-state index in [0.29, 0.717) is 0 Å². The molecule has 2 heterocycles. The first-order valence-electron chi connectivity index (χ1n) is 8.45. The SMILES string of the molecule is CC1(C)CCN2CCC(C)(C)c3cc(/C=C(\C#N)C(=O)O)cc1c32. The summed E-state index contributed by atoms with van der Waals surface area (Å²) in [6, 6.07) is 5.94. The van der Waals surface area contributed by atoms with Crippen LogP contribution in [0.2, 0.25) is 0 Å². The third kappa shape index (κ3) is 2.58. The molecule has 0 saturated carbocycles. The normalized spacial score (nSPS) is 21.0. The van der Waals surface area contributed by atoms with Crippen LogP contribution in [0, 0.1) is 11.3 Å². The van der Waals surface area contributed by atoms with Crippen molar-refractivity contribution in [3.63, 3.8) is 0 Å². The van der Waals surface area contributed by atoms with Crippen LogP contribution in [0.25, 0.3) is 6.08 Å². The number of nitrogens with zero attached hydrogens (tertiary/aromatic N) is 2. The Labute approximate surface area is 143 Å². The van der Waals surface area contributed by atoms with Gasteiger partial charge in [-0.15, -0.1) is 0 Å². The van der Waals surface area contributed by atoms with Crippen LogP contribution in [0.4, 0.5) is 5.69 Å². The average molecular weight is 324 g/mol. The summed E-state index contributed by atoms with van der Waals surface area (Å²) >= 11 is 0. The van der Waals surface area contributed by atoms with Gasteiger partial charge in [0.15, 0.2) is 0 Å². The lowest BCUT2D eigenvalue weighted by molar-refractivity contribution is -0.132. The van der Waals surface area contributed by atoms with Crippen molar-refractivity contribution >= 4 is 17.7 Å². The number of nitriles is 1. The van der Waals surface area contributed by atoms with Crippen molar-refractivity contribution in [1.29, 1.82) is 5.26 Å². The number of carboxylic acids is 1. The summed E-state index contributed by atoms with van der Waals surface area (Å²) in [5.41, 5.74) is 4.56. The van der Waals surface area contributed by atoms with E-state index in [9.17, 15) is 4.79 Å². The Bertz CT molecular complexity index is 740. The largest absolute Gasteiger partial charge is 0.477 e. The highest BCUT2D eigenvalue weighted by Gasteiger charge is 2.39. The maximum Gasteiger partial charge on any atom is 0.346 e. The van der Waals surface area contributed by atoms with Gasteiger partial charge in [0.2, 0.25) is 0 Å². The Balaban J connectivity index is 2.27. The zero-order chi connectivity index (χ0) is 17.7. The van der Waals surface area contributed by atoms with Crippen molar-refractivity contribution in [2.75, 3.05) is 18.0 Å². The van der Waals surface area contributed by atoms with Crippen molar-refractivity contribution in [2.24, 2.45) is 0 Å². The van der Waals surface area contributed by atoms with E-state index in [1.165, 1.54) is 22.9 Å². The third-order valence-corrected chi connectivity index (χ3v) is 5.58. The first-order chi connectivity index (χ1) is 11.2. The highest BCUT2D eigenvalue weighted by Crippen LogP contribution is 2.49. The molecule has 0 amide bonds. The summed E-state index contributed by atoms with van der Waals surface area (Å²) in [5, 5.41) is 18.2. The van der Waals surface area contributed by atoms with Gasteiger partial charge in [0.25, 0.3) is 0 Å². The van der Waals surface area contributed by atoms with E-state index in [1.807, 2.05) is 0 Å². The summed E-state index contributed by atoms with van der Waals surface area (Å²) in [6.45, 7) is 11.1. The first-order valence-corrected chi connectivity index (χ1v) is 8.45. The molecule has 0 fully saturated rings. The molecule has 126 valence electrons. The molecule has 0 atom stereocenters. The predicted molar refractivity (Wildman–Crippen MR) is 95.2 cm³/mol. The molecule has 24 heavy (non-hydrogen) atoms. The van der Waals surface area contributed by atoms with Crippen LogP contribution in [0.15, 0.2) is 17.7 Å². The molecule has 3 rings (SSSR count). The Morgan fingerprint density at radius 3 is 2.08 bits per heavy atom. The van der Waals surface area contributed by atoms with Gasteiger partial charge in [-0.2, -0.15) is 5.26 Å². The van der Waals surface area contributed by atoms with E-state index in [1.54, 1.807) is 6.07 Å². The number of benzene rings is 1. The van der Waals surface area contributed by atoms with Crippen LogP contribution in [0.3, 0.4) is 0 Å². The molecule has 2 aliphatic heterocycles. The Morgan fingerprint density at radius 1 is 1.17 bits per heavy atom. The fourth-order valence-electron chi connectivity index (χ4n) is 3.85. The standard InChI is InChI=1S/C20H24N2O2/c1-19(2)5-7-22-8-6-20(3,4)16-11-13(10-15(19)17(16)22)9-14(12-21)18(23)24/h9-11H,5-8H2,1-4H3,(H,23,24)/b14-9+. The van der Waals surface area contributed by atoms with E-state index in [-0.39, 0.29) is 16.4 Å². The van der Waals surface area contributed by atoms with E-state index in [4.69, 9.17) is 10.4 Å². The molecule has 4 nitrogen and oxygen atoms in total. The number of carbonyl (C=O) groups is 1. The zero-order valence-corrected chi connectivity index (χ0v) is 14.8. The summed E-state index contributed by atoms with van der Waals surface area (Å²) in [6.07, 6.45) is 3.66. The number of rotatable bonds is 2. The monoisotopic (exact) mass is 324 g/mol. The summed E-state index contributed by atoms with van der Waals surface area (Å²) in [4.78, 5) is 13.7. The first kappa shape index (κ1) is 16.6. The molecule has 0 radical (unpaired) electrons. The maximum atomic E-state index is 11.2. The second-order valence-electron chi connectivity index (χ2n) is 8.19. The second-order valence-corrected chi connectivity index (χ2v) is 8.19. The molecule has 0 unspecified atom stereocenters. The van der Waals surface area contributed by atoms with Gasteiger partial charge in [0, 0.05) is 18.8 Å². The van der Waals surface area contributed by atoms with Crippen molar-refractivity contribution < 1.29 is 9.90 Å². The van der Waals surface area contributed by atoms with Crippen LogP contribution < -0.4 is 4.90 Å². The van der Waals surface area contributed by atoms with Gasteiger partial charge < -0.3 is 10.0 Å². The zero-order valence-electron chi connectivity index (χ0n) is 14.8. The fourth-order valence-corrected chi connectivity index (χ4v) is 3.85. The van der Waals surface area contributed by atoms with Crippen LogP contribution in [-0.4, -0.2) is 24.2 Å². The number of carboxylic acid groups (broad SMARTS) is 1. The van der Waals surface area contributed by atoms with Gasteiger partial charge in [-0.1, -0.05) is 27.7 Å². The van der Waals surface area contributed by atoms with Crippen molar-refractivity contribution in [2.45, 2.75) is 51.4 Å². The van der Waals surface area contributed by atoms with E-state index in [0.717, 1.165) is 31.5 Å². The Morgan fingerprint density at radius 2 is 1.67 bits per heavy atom. The lowest BCUT2D eigenvalue weighted by Gasteiger charge is -2.48. The molecule has 2 aliphatic rings. The molecule has 4 heteroatoms. The van der Waals surface area contributed by atoms with Gasteiger partial charge in [-0.05, 0) is 58.6 Å². The van der Waals surface area contributed by atoms with Crippen molar-refractivity contribution in [3.05, 3.63) is 34.4 Å². The molecular formula is C20H24N2O2. The molecule has 0 saturated heterocycles. The topological polar surface area (TPSA) is 64.3 Å². The minimum Gasteiger partial charge on any atom is -0.477 e. The van der Waals surface area contributed by atoms with Crippen LogP contribution in [-0.2, 0) is 15.6 Å². The second kappa shape index (κ2) is 5.37. The molecule has 0 aromatic heterocycles. The molecule has 0 spiro atoms. The summed E-state index contributed by atoms with van der Waals surface area (Å²) in [7, 11) is 0. The lowest BCUT2D eigenvalue weighted by Crippen LogP contribution is -2.44. The minimum absolute atomic E-state index is 0.0495. The number of hydrogen-bond donors (Lipinski definition) is 1. The molecular weight excluding hydrogens is 300 g/mol. The van der Waals surface area contributed by atoms with Gasteiger partial charge in [0.05, 0.1) is 0 Å². The molecule has 1 N–H and O–H groups in total. The van der Waals surface area contributed by atoms with Crippen molar-refractivity contribution in [1.82, 2.24) is 0 Å². The highest BCUT2D eigenvalue weighted by atomic mass is 16.4. The van der Waals surface area contributed by atoms with E-state index < -0.39 is 5.97 Å². The van der Waals surface area contributed by atoms with Gasteiger partial charge in [0.1, 0.15) is 11.6 Å². The minimum atomic E-state index is -1.18. The quantitative estimate of drug-likeness (QED) is 0.663. The Kier molecular flexibility index (Phi) is 3.71. The lowest BCUT2D eigenvalue weighted by atomic mass is 9.69. The number of aliphatic carboxylic acids is 1. The molecule has 1 aromatic carbocycles. The maximum absolute atomic E-state index is 11.2. The molecule has 0 aliphatic carbocycles. The number of anilines is 1. The Hall–Kier alpha value is -2.28. The number of hydrogen-bond acceptors (Lipinski definition) is 3. The average Bonchev–Trinajstić information content (AvgIpc) is 2.50. The van der Waals surface area contributed by atoms with Crippen LogP contribution in [0.5, 0.6) is 0 Å². The highest BCUT2D eigenvalue weighted by molar-refractivity contribution is 5.96. The fraction of sp³-hybridized carbons (Fsp3) is 0.500. The molecule has 0 bridgehead atoms. The van der Waals surface area contributed by atoms with Crippen LogP contribution in [0.1, 0.15) is 57.2 Å². The van der Waals surface area contributed by atoms with Gasteiger partial charge >= 0.3 is 5.97 Å². The van der Waals surface area contributed by atoms with Gasteiger partial charge in [-0.25, -0.2) is 4.79 Å². The molecule has 1 aromatic rings. The van der Waals surface area contributed by atoms with Crippen molar-refractivity contribution in [3.8, 4) is 6.07 Å².